The van der Waals surface area contributed by atoms with Crippen LogP contribution in [0.2, 0.25) is 0 Å². The van der Waals surface area contributed by atoms with Gasteiger partial charge in [-0.15, -0.1) is 10.2 Å². The number of nitrogens with two attached hydrogens (primary N) is 1. The van der Waals surface area contributed by atoms with Gasteiger partial charge in [-0.25, -0.2) is 9.18 Å². The van der Waals surface area contributed by atoms with Crippen molar-refractivity contribution in [3.05, 3.63) is 36.0 Å². The second kappa shape index (κ2) is 7.77. The van der Waals surface area contributed by atoms with Crippen LogP contribution >= 0.6 is 11.8 Å². The number of amides is 3. The Morgan fingerprint density at radius 2 is 1.96 bits per heavy atom. The van der Waals surface area contributed by atoms with Crippen molar-refractivity contribution in [2.75, 3.05) is 0 Å². The highest BCUT2D eigenvalue weighted by Crippen LogP contribution is 2.26. The molecule has 0 aliphatic rings. The van der Waals surface area contributed by atoms with E-state index in [0.29, 0.717) is 5.75 Å². The number of hydrogen-bond acceptors (Lipinski definition) is 7. The molecular formula is C14H15FN4O4S. The van der Waals surface area contributed by atoms with Crippen LogP contribution in [-0.2, 0) is 4.79 Å². The van der Waals surface area contributed by atoms with E-state index in [9.17, 15) is 14.0 Å². The van der Waals surface area contributed by atoms with E-state index in [1.807, 2.05) is 5.32 Å². The highest BCUT2D eigenvalue weighted by atomic mass is 32.2. The van der Waals surface area contributed by atoms with Gasteiger partial charge in [0.25, 0.3) is 11.1 Å². The lowest BCUT2D eigenvalue weighted by Gasteiger charge is -2.10. The van der Waals surface area contributed by atoms with E-state index in [1.165, 1.54) is 24.3 Å². The number of benzene rings is 1. The molecule has 2 atom stereocenters. The first-order valence-electron chi connectivity index (χ1n) is 6.87. The Kier molecular flexibility index (Phi) is 5.74. The summed E-state index contributed by atoms with van der Waals surface area (Å²) in [6, 6.07) is 4.58. The van der Waals surface area contributed by atoms with Gasteiger partial charge in [-0.1, -0.05) is 11.8 Å². The molecule has 1 aromatic carbocycles. The van der Waals surface area contributed by atoms with Crippen LogP contribution in [0.4, 0.5) is 9.18 Å². The first-order valence-corrected chi connectivity index (χ1v) is 7.75. The molecule has 8 nitrogen and oxygen atoms in total. The maximum atomic E-state index is 12.9. The summed E-state index contributed by atoms with van der Waals surface area (Å²) >= 11 is 0.975. The fourth-order valence-electron chi connectivity index (χ4n) is 1.63. The summed E-state index contributed by atoms with van der Waals surface area (Å²) in [5.41, 5.74) is 4.88. The van der Waals surface area contributed by atoms with Crippen LogP contribution < -0.4 is 15.8 Å². The van der Waals surface area contributed by atoms with Gasteiger partial charge in [-0.05, 0) is 38.1 Å². The standard InChI is InChI=1S/C14H15FN4O4S/c1-7(22-10-5-3-9(15)4-6-10)12-18-19-14(23-12)24-8(2)11(20)17-13(16)21/h3-8H,1-2H3,(H3,16,17,20,21)/t7-,8+/m0/s1. The van der Waals surface area contributed by atoms with E-state index in [0.717, 1.165) is 11.8 Å². The molecule has 10 heteroatoms. The number of hydrogen-bond donors (Lipinski definition) is 2. The zero-order valence-electron chi connectivity index (χ0n) is 12.9. The number of urea groups is 1. The molecule has 0 aliphatic heterocycles. The number of rotatable bonds is 6. The van der Waals surface area contributed by atoms with E-state index in [-0.39, 0.29) is 16.9 Å². The zero-order chi connectivity index (χ0) is 17.7. The topological polar surface area (TPSA) is 120 Å². The summed E-state index contributed by atoms with van der Waals surface area (Å²) in [7, 11) is 0. The zero-order valence-corrected chi connectivity index (χ0v) is 13.7. The normalized spacial score (nSPS) is 13.1. The van der Waals surface area contributed by atoms with Crippen LogP contribution in [0.5, 0.6) is 5.75 Å². The van der Waals surface area contributed by atoms with Gasteiger partial charge in [-0.3, -0.25) is 10.1 Å². The quantitative estimate of drug-likeness (QED) is 0.761. The molecule has 0 spiro atoms. The fraction of sp³-hybridized carbons (Fsp3) is 0.286. The second-order valence-corrected chi connectivity index (χ2v) is 6.03. The molecule has 128 valence electrons. The van der Waals surface area contributed by atoms with Crippen LogP contribution in [0.15, 0.2) is 33.9 Å². The Bertz CT molecular complexity index is 722. The molecule has 2 aromatic rings. The second-order valence-electron chi connectivity index (χ2n) is 4.73. The van der Waals surface area contributed by atoms with Crippen molar-refractivity contribution in [2.45, 2.75) is 30.4 Å². The summed E-state index contributed by atoms with van der Waals surface area (Å²) in [6.45, 7) is 3.25. The molecule has 0 aliphatic carbocycles. The molecule has 1 aromatic heterocycles. The van der Waals surface area contributed by atoms with Gasteiger partial charge in [0.05, 0.1) is 5.25 Å². The summed E-state index contributed by atoms with van der Waals surface area (Å²) < 4.78 is 23.8. The fourth-order valence-corrected chi connectivity index (χ4v) is 2.32. The van der Waals surface area contributed by atoms with Crippen LogP contribution in [-0.4, -0.2) is 27.4 Å². The Morgan fingerprint density at radius 1 is 1.29 bits per heavy atom. The van der Waals surface area contributed by atoms with Crippen molar-refractivity contribution < 1.29 is 23.1 Å². The van der Waals surface area contributed by atoms with E-state index in [4.69, 9.17) is 14.9 Å². The first kappa shape index (κ1) is 17.7. The van der Waals surface area contributed by atoms with Gasteiger partial charge in [-0.2, -0.15) is 0 Å². The average molecular weight is 354 g/mol. The van der Waals surface area contributed by atoms with Crippen molar-refractivity contribution in [3.63, 3.8) is 0 Å². The number of nitrogens with one attached hydrogen (secondary N) is 1. The Balaban J connectivity index is 1.95. The molecular weight excluding hydrogens is 339 g/mol. The summed E-state index contributed by atoms with van der Waals surface area (Å²) in [5.74, 6) is -0.285. The maximum absolute atomic E-state index is 12.9. The minimum Gasteiger partial charge on any atom is -0.481 e. The van der Waals surface area contributed by atoms with Crippen LogP contribution in [0.1, 0.15) is 25.8 Å². The lowest BCUT2D eigenvalue weighted by Crippen LogP contribution is -2.39. The number of ether oxygens (including phenoxy) is 1. The van der Waals surface area contributed by atoms with Gasteiger partial charge in [0.2, 0.25) is 5.91 Å². The lowest BCUT2D eigenvalue weighted by atomic mass is 10.3. The van der Waals surface area contributed by atoms with E-state index >= 15 is 0 Å². The third-order valence-corrected chi connectivity index (χ3v) is 3.72. The summed E-state index contributed by atoms with van der Waals surface area (Å²) in [5, 5.41) is 9.10. The number of imide groups is 1. The van der Waals surface area contributed by atoms with Crippen molar-refractivity contribution in [2.24, 2.45) is 5.73 Å². The molecule has 0 bridgehead atoms. The number of thioether (sulfide) groups is 1. The van der Waals surface area contributed by atoms with Gasteiger partial charge in [0, 0.05) is 0 Å². The number of primary amides is 1. The smallest absolute Gasteiger partial charge is 0.318 e. The summed E-state index contributed by atoms with van der Waals surface area (Å²) in [4.78, 5) is 22.2. The Hall–Kier alpha value is -2.62. The van der Waals surface area contributed by atoms with Crippen LogP contribution in [0.25, 0.3) is 0 Å². The van der Waals surface area contributed by atoms with Gasteiger partial charge in [0.1, 0.15) is 11.6 Å². The van der Waals surface area contributed by atoms with E-state index in [1.54, 1.807) is 13.8 Å². The Morgan fingerprint density at radius 3 is 2.58 bits per heavy atom. The first-order chi connectivity index (χ1) is 11.3. The predicted octanol–water partition coefficient (Wildman–Crippen LogP) is 2.02. The number of aromatic nitrogens is 2. The molecule has 0 radical (unpaired) electrons. The van der Waals surface area contributed by atoms with Crippen molar-refractivity contribution in [1.82, 2.24) is 15.5 Å². The minimum absolute atomic E-state index is 0.145. The molecule has 0 saturated carbocycles. The third-order valence-electron chi connectivity index (χ3n) is 2.79. The van der Waals surface area contributed by atoms with Crippen molar-refractivity contribution >= 4 is 23.7 Å². The third kappa shape index (κ3) is 4.95. The van der Waals surface area contributed by atoms with Crippen LogP contribution in [0, 0.1) is 5.82 Å². The highest BCUT2D eigenvalue weighted by Gasteiger charge is 2.21. The molecule has 3 amide bonds. The average Bonchev–Trinajstić information content (AvgIpc) is 2.97. The number of halogens is 1. The molecule has 3 N–H and O–H groups in total. The summed E-state index contributed by atoms with van der Waals surface area (Å²) in [6.07, 6.45) is -0.563. The molecule has 0 unspecified atom stereocenters. The number of carbonyl (C=O) groups is 2. The van der Waals surface area contributed by atoms with E-state index < -0.39 is 23.3 Å². The number of nitrogens with zero attached hydrogens (tertiary/aromatic N) is 2. The van der Waals surface area contributed by atoms with Crippen molar-refractivity contribution in [1.29, 1.82) is 0 Å². The van der Waals surface area contributed by atoms with Crippen LogP contribution in [0.3, 0.4) is 0 Å². The Labute approximate surface area is 140 Å². The lowest BCUT2D eigenvalue weighted by molar-refractivity contribution is -0.119. The molecule has 0 saturated heterocycles. The van der Waals surface area contributed by atoms with E-state index in [2.05, 4.69) is 10.2 Å². The van der Waals surface area contributed by atoms with Gasteiger partial charge < -0.3 is 14.9 Å². The van der Waals surface area contributed by atoms with Gasteiger partial charge >= 0.3 is 6.03 Å². The molecule has 0 fully saturated rings. The maximum Gasteiger partial charge on any atom is 0.318 e. The highest BCUT2D eigenvalue weighted by molar-refractivity contribution is 8.00. The molecule has 2 rings (SSSR count). The number of carbonyl (C=O) groups excluding carboxylic acids is 2. The van der Waals surface area contributed by atoms with Gasteiger partial charge in [0.15, 0.2) is 6.10 Å². The predicted molar refractivity (Wildman–Crippen MR) is 82.8 cm³/mol. The minimum atomic E-state index is -0.931. The SMILES string of the molecule is C[C@H](Oc1ccc(F)cc1)c1nnc(S[C@H](C)C(=O)NC(N)=O)o1. The van der Waals surface area contributed by atoms with Crippen molar-refractivity contribution in [3.8, 4) is 5.75 Å². The monoisotopic (exact) mass is 354 g/mol. The molecule has 1 heterocycles. The largest absolute Gasteiger partial charge is 0.481 e. The molecule has 24 heavy (non-hydrogen) atoms.